The van der Waals surface area contributed by atoms with Crippen molar-refractivity contribution >= 4 is 15.8 Å². The molecule has 0 spiro atoms. The lowest BCUT2D eigenvalue weighted by molar-refractivity contribution is -0.148. The smallest absolute Gasteiger partial charge is 0.356 e. The third-order valence-electron chi connectivity index (χ3n) is 4.77. The molecule has 2 N–H and O–H groups in total. The van der Waals surface area contributed by atoms with E-state index in [1.54, 1.807) is 27.8 Å². The molecular weight excluding hydrogens is 381 g/mol. The van der Waals surface area contributed by atoms with Crippen molar-refractivity contribution in [3.05, 3.63) is 0 Å². The van der Waals surface area contributed by atoms with E-state index in [1.807, 2.05) is 0 Å². The van der Waals surface area contributed by atoms with Crippen molar-refractivity contribution in [2.75, 3.05) is 45.5 Å². The molecule has 0 saturated carbocycles. The molecule has 0 aromatic rings. The highest BCUT2D eigenvalue weighted by Crippen LogP contribution is 2.23. The first-order valence-electron chi connectivity index (χ1n) is 9.30. The van der Waals surface area contributed by atoms with E-state index >= 15 is 0 Å². The molecule has 0 unspecified atom stereocenters. The summed E-state index contributed by atoms with van der Waals surface area (Å²) in [6, 6.07) is 0. The number of guanidine groups is 1. The van der Waals surface area contributed by atoms with Crippen molar-refractivity contribution in [2.45, 2.75) is 51.0 Å². The number of hydrogen-bond donors (Lipinski definition) is 2. The van der Waals surface area contributed by atoms with Crippen LogP contribution in [0.4, 0.5) is 13.2 Å². The van der Waals surface area contributed by atoms with E-state index in [9.17, 15) is 21.6 Å². The van der Waals surface area contributed by atoms with Crippen molar-refractivity contribution in [3.8, 4) is 0 Å². The maximum absolute atomic E-state index is 12.4. The fraction of sp³-hybridized carbons (Fsp3) is 0.941. The molecule has 0 atom stereocenters. The first kappa shape index (κ1) is 24.0. The van der Waals surface area contributed by atoms with Crippen LogP contribution in [-0.2, 0) is 9.84 Å². The molecule has 0 amide bonds. The van der Waals surface area contributed by atoms with Gasteiger partial charge in [0.05, 0.1) is 17.0 Å². The highest BCUT2D eigenvalue weighted by molar-refractivity contribution is 7.92. The third-order valence-corrected chi connectivity index (χ3v) is 7.38. The average molecular weight is 415 g/mol. The van der Waals surface area contributed by atoms with Crippen LogP contribution >= 0.6 is 0 Å². The second kappa shape index (κ2) is 9.95. The molecule has 0 radical (unpaired) electrons. The SMILES string of the molecule is CN=C(NCCC1CCN(CC(F)(F)F)CC1)NCCS(=O)(=O)C(C)(C)C. The molecule has 0 aliphatic carbocycles. The Morgan fingerprint density at radius 2 is 1.67 bits per heavy atom. The van der Waals surface area contributed by atoms with Crippen LogP contribution in [0, 0.1) is 5.92 Å². The zero-order valence-corrected chi connectivity index (χ0v) is 17.5. The number of nitrogens with zero attached hydrogens (tertiary/aromatic N) is 2. The van der Waals surface area contributed by atoms with Crippen LogP contribution in [0.15, 0.2) is 4.99 Å². The van der Waals surface area contributed by atoms with Gasteiger partial charge in [0.15, 0.2) is 15.8 Å². The summed E-state index contributed by atoms with van der Waals surface area (Å²) in [7, 11) is -1.57. The summed E-state index contributed by atoms with van der Waals surface area (Å²) in [5.74, 6) is 0.949. The highest BCUT2D eigenvalue weighted by atomic mass is 32.2. The number of hydrogen-bond acceptors (Lipinski definition) is 4. The van der Waals surface area contributed by atoms with E-state index in [1.165, 1.54) is 4.90 Å². The molecular formula is C17H33F3N4O2S. The van der Waals surface area contributed by atoms with E-state index in [4.69, 9.17) is 0 Å². The van der Waals surface area contributed by atoms with Crippen LogP contribution in [0.25, 0.3) is 0 Å². The van der Waals surface area contributed by atoms with Gasteiger partial charge in [0.2, 0.25) is 0 Å². The molecule has 0 bridgehead atoms. The zero-order chi connectivity index (χ0) is 20.7. The normalized spacial score (nSPS) is 18.6. The van der Waals surface area contributed by atoms with Gasteiger partial charge in [-0.2, -0.15) is 13.2 Å². The number of alkyl halides is 3. The zero-order valence-electron chi connectivity index (χ0n) is 16.7. The van der Waals surface area contributed by atoms with Gasteiger partial charge < -0.3 is 10.6 Å². The molecule has 0 aromatic heterocycles. The Balaban J connectivity index is 2.25. The first-order valence-corrected chi connectivity index (χ1v) is 11.0. The number of piperidine rings is 1. The van der Waals surface area contributed by atoms with E-state index < -0.39 is 27.3 Å². The Hall–Kier alpha value is -1.03. The summed E-state index contributed by atoms with van der Waals surface area (Å²) >= 11 is 0. The van der Waals surface area contributed by atoms with Crippen molar-refractivity contribution in [2.24, 2.45) is 10.9 Å². The number of likely N-dealkylation sites (tertiary alicyclic amines) is 1. The van der Waals surface area contributed by atoms with Crippen LogP contribution < -0.4 is 10.6 Å². The lowest BCUT2D eigenvalue weighted by atomic mass is 9.93. The Morgan fingerprint density at radius 1 is 1.11 bits per heavy atom. The molecule has 27 heavy (non-hydrogen) atoms. The molecule has 1 saturated heterocycles. The van der Waals surface area contributed by atoms with E-state index in [0.29, 0.717) is 31.5 Å². The van der Waals surface area contributed by atoms with Gasteiger partial charge in [-0.25, -0.2) is 8.42 Å². The Labute approximate surface area is 160 Å². The Morgan fingerprint density at radius 3 is 2.15 bits per heavy atom. The molecule has 1 aliphatic rings. The molecule has 1 rings (SSSR count). The average Bonchev–Trinajstić information content (AvgIpc) is 2.52. The van der Waals surface area contributed by atoms with Crippen LogP contribution in [0.3, 0.4) is 0 Å². The summed E-state index contributed by atoms with van der Waals surface area (Å²) in [6.45, 7) is 6.07. The summed E-state index contributed by atoms with van der Waals surface area (Å²) in [5, 5.41) is 6.14. The van der Waals surface area contributed by atoms with Gasteiger partial charge in [-0.1, -0.05) is 0 Å². The van der Waals surface area contributed by atoms with Crippen molar-refractivity contribution in [3.63, 3.8) is 0 Å². The minimum absolute atomic E-state index is 0.0227. The van der Waals surface area contributed by atoms with Crippen LogP contribution in [0.1, 0.15) is 40.0 Å². The lowest BCUT2D eigenvalue weighted by Crippen LogP contribution is -2.43. The number of nitrogens with one attached hydrogen (secondary N) is 2. The monoisotopic (exact) mass is 414 g/mol. The van der Waals surface area contributed by atoms with Crippen molar-refractivity contribution < 1.29 is 21.6 Å². The van der Waals surface area contributed by atoms with E-state index in [2.05, 4.69) is 15.6 Å². The van der Waals surface area contributed by atoms with Crippen molar-refractivity contribution in [1.29, 1.82) is 0 Å². The molecule has 1 aliphatic heterocycles. The number of halogens is 3. The first-order chi connectivity index (χ1) is 12.3. The van der Waals surface area contributed by atoms with Gasteiger partial charge in [0.25, 0.3) is 0 Å². The molecule has 1 fully saturated rings. The maximum Gasteiger partial charge on any atom is 0.401 e. The van der Waals surface area contributed by atoms with Crippen LogP contribution in [0.5, 0.6) is 0 Å². The third kappa shape index (κ3) is 9.14. The van der Waals surface area contributed by atoms with Crippen LogP contribution in [-0.4, -0.2) is 75.7 Å². The summed E-state index contributed by atoms with van der Waals surface area (Å²) in [5.41, 5.74) is 0. The van der Waals surface area contributed by atoms with Crippen molar-refractivity contribution in [1.82, 2.24) is 15.5 Å². The van der Waals surface area contributed by atoms with Gasteiger partial charge >= 0.3 is 6.18 Å². The van der Waals surface area contributed by atoms with Gasteiger partial charge in [0, 0.05) is 20.1 Å². The maximum atomic E-state index is 12.4. The number of sulfone groups is 1. The van der Waals surface area contributed by atoms with Gasteiger partial charge in [-0.15, -0.1) is 0 Å². The quantitative estimate of drug-likeness (QED) is 0.493. The summed E-state index contributed by atoms with van der Waals surface area (Å²) in [6.07, 6.45) is -1.77. The molecule has 1 heterocycles. The minimum Gasteiger partial charge on any atom is -0.356 e. The Kier molecular flexibility index (Phi) is 8.85. The fourth-order valence-electron chi connectivity index (χ4n) is 2.91. The second-order valence-electron chi connectivity index (χ2n) is 7.98. The van der Waals surface area contributed by atoms with Crippen LogP contribution in [0.2, 0.25) is 0 Å². The summed E-state index contributed by atoms with van der Waals surface area (Å²) in [4.78, 5) is 5.53. The lowest BCUT2D eigenvalue weighted by Gasteiger charge is -2.32. The van der Waals surface area contributed by atoms with Gasteiger partial charge in [-0.3, -0.25) is 9.89 Å². The molecule has 6 nitrogen and oxygen atoms in total. The largest absolute Gasteiger partial charge is 0.401 e. The topological polar surface area (TPSA) is 73.8 Å². The fourth-order valence-corrected chi connectivity index (χ4v) is 3.90. The number of rotatable bonds is 7. The second-order valence-corrected chi connectivity index (χ2v) is 10.8. The van der Waals surface area contributed by atoms with Gasteiger partial charge in [0.1, 0.15) is 0 Å². The molecule has 10 heteroatoms. The predicted molar refractivity (Wildman–Crippen MR) is 103 cm³/mol. The highest BCUT2D eigenvalue weighted by Gasteiger charge is 2.32. The molecule has 0 aromatic carbocycles. The predicted octanol–water partition coefficient (Wildman–Crippen LogP) is 2.03. The summed E-state index contributed by atoms with van der Waals surface area (Å²) < 4.78 is 60.6. The minimum atomic E-state index is -4.13. The Bertz CT molecular complexity index is 578. The van der Waals surface area contributed by atoms with Gasteiger partial charge in [-0.05, 0) is 59.0 Å². The molecule has 160 valence electrons. The van der Waals surface area contributed by atoms with E-state index in [-0.39, 0.29) is 12.3 Å². The van der Waals surface area contributed by atoms with E-state index in [0.717, 1.165) is 19.3 Å². The standard InChI is InChI=1S/C17H33F3N4O2S/c1-16(2,3)27(25,26)12-9-23-15(21-4)22-8-5-14-6-10-24(11-7-14)13-17(18,19)20/h14H,5-13H2,1-4H3,(H2,21,22,23). The number of aliphatic imine (C=N–C) groups is 1.